The molecule has 0 aliphatic heterocycles. The van der Waals surface area contributed by atoms with E-state index in [4.69, 9.17) is 0 Å². The molecule has 1 aromatic rings. The van der Waals surface area contributed by atoms with Crippen molar-refractivity contribution in [2.75, 3.05) is 13.2 Å². The first-order valence-corrected chi connectivity index (χ1v) is 5.92. The molecule has 0 saturated heterocycles. The molecule has 17 heavy (non-hydrogen) atoms. The molecule has 2 nitrogen and oxygen atoms in total. The molecule has 96 valence electrons. The van der Waals surface area contributed by atoms with Crippen molar-refractivity contribution in [3.8, 4) is 0 Å². The van der Waals surface area contributed by atoms with E-state index in [0.717, 1.165) is 11.1 Å². The molecule has 0 amide bonds. The van der Waals surface area contributed by atoms with Crippen molar-refractivity contribution in [3.63, 3.8) is 0 Å². The third kappa shape index (κ3) is 3.05. The van der Waals surface area contributed by atoms with Gasteiger partial charge in [0.1, 0.15) is 5.82 Å². The van der Waals surface area contributed by atoms with Crippen LogP contribution in [0.25, 0.3) is 0 Å². The van der Waals surface area contributed by atoms with Gasteiger partial charge in [-0.1, -0.05) is 19.9 Å². The average Bonchev–Trinajstić information content (AvgIpc) is 2.30. The van der Waals surface area contributed by atoms with Gasteiger partial charge in [0.25, 0.3) is 0 Å². The van der Waals surface area contributed by atoms with E-state index in [1.54, 1.807) is 6.07 Å². The molecule has 0 atom stereocenters. The highest BCUT2D eigenvalue weighted by molar-refractivity contribution is 5.28. The topological polar surface area (TPSA) is 40.5 Å². The number of aliphatic hydroxyl groups excluding tert-OH is 2. The van der Waals surface area contributed by atoms with Crippen LogP contribution in [0.2, 0.25) is 0 Å². The molecular weight excluding hydrogens is 219 g/mol. The van der Waals surface area contributed by atoms with Gasteiger partial charge in [-0.15, -0.1) is 0 Å². The molecule has 0 heterocycles. The van der Waals surface area contributed by atoms with Gasteiger partial charge in [-0.2, -0.15) is 0 Å². The monoisotopic (exact) mass is 240 g/mol. The van der Waals surface area contributed by atoms with Gasteiger partial charge in [-0.3, -0.25) is 0 Å². The summed E-state index contributed by atoms with van der Waals surface area (Å²) in [6, 6.07) is 4.63. The maximum atomic E-state index is 13.2. The van der Waals surface area contributed by atoms with Crippen molar-refractivity contribution in [1.82, 2.24) is 0 Å². The van der Waals surface area contributed by atoms with E-state index in [9.17, 15) is 14.6 Å². The molecule has 0 aliphatic rings. The Kier molecular flexibility index (Phi) is 4.66. The molecule has 0 bridgehead atoms. The number of hydrogen-bond donors (Lipinski definition) is 2. The van der Waals surface area contributed by atoms with Gasteiger partial charge in [-0.05, 0) is 42.5 Å². The Bertz CT molecular complexity index is 370. The SMILES string of the molecule is Cc1ccc(F)cc1CC(CO)(CO)C(C)C. The first-order chi connectivity index (χ1) is 7.95. The lowest BCUT2D eigenvalue weighted by Gasteiger charge is -2.34. The van der Waals surface area contributed by atoms with Gasteiger partial charge < -0.3 is 10.2 Å². The molecule has 0 radical (unpaired) electrons. The smallest absolute Gasteiger partial charge is 0.123 e. The highest BCUT2D eigenvalue weighted by Crippen LogP contribution is 2.32. The third-order valence-corrected chi connectivity index (χ3v) is 3.71. The summed E-state index contributed by atoms with van der Waals surface area (Å²) in [5.74, 6) is -0.153. The molecule has 0 unspecified atom stereocenters. The zero-order chi connectivity index (χ0) is 13.1. The lowest BCUT2D eigenvalue weighted by atomic mass is 9.73. The first-order valence-electron chi connectivity index (χ1n) is 5.92. The molecule has 0 aromatic heterocycles. The maximum Gasteiger partial charge on any atom is 0.123 e. The predicted molar refractivity (Wildman–Crippen MR) is 66.3 cm³/mol. The standard InChI is InChI=1S/C14H21FO2/c1-10(2)14(8-16,9-17)7-12-6-13(15)5-4-11(12)3/h4-6,10,16-17H,7-9H2,1-3H3. The summed E-state index contributed by atoms with van der Waals surface area (Å²) in [6.07, 6.45) is 0.487. The largest absolute Gasteiger partial charge is 0.396 e. The fraction of sp³-hybridized carbons (Fsp3) is 0.571. The highest BCUT2D eigenvalue weighted by Gasteiger charge is 2.33. The van der Waals surface area contributed by atoms with Gasteiger partial charge in [0.15, 0.2) is 0 Å². The Hall–Kier alpha value is -0.930. The summed E-state index contributed by atoms with van der Waals surface area (Å²) in [7, 11) is 0. The number of hydrogen-bond acceptors (Lipinski definition) is 2. The van der Waals surface area contributed by atoms with Crippen molar-refractivity contribution in [2.45, 2.75) is 27.2 Å². The molecule has 2 N–H and O–H groups in total. The van der Waals surface area contributed by atoms with Crippen molar-refractivity contribution in [3.05, 3.63) is 35.1 Å². The molecular formula is C14H21FO2. The van der Waals surface area contributed by atoms with Gasteiger partial charge in [0.2, 0.25) is 0 Å². The van der Waals surface area contributed by atoms with E-state index in [-0.39, 0.29) is 24.9 Å². The van der Waals surface area contributed by atoms with Crippen molar-refractivity contribution >= 4 is 0 Å². The molecule has 3 heteroatoms. The zero-order valence-corrected chi connectivity index (χ0v) is 10.7. The molecule has 1 aromatic carbocycles. The summed E-state index contributed by atoms with van der Waals surface area (Å²) in [5.41, 5.74) is 1.25. The second kappa shape index (κ2) is 5.61. The lowest BCUT2D eigenvalue weighted by Crippen LogP contribution is -2.37. The van der Waals surface area contributed by atoms with Crippen LogP contribution >= 0.6 is 0 Å². The van der Waals surface area contributed by atoms with Gasteiger partial charge in [0.05, 0.1) is 13.2 Å². The van der Waals surface area contributed by atoms with Crippen molar-refractivity contribution < 1.29 is 14.6 Å². The van der Waals surface area contributed by atoms with Crippen LogP contribution in [0.1, 0.15) is 25.0 Å². The maximum absolute atomic E-state index is 13.2. The Morgan fingerprint density at radius 1 is 1.24 bits per heavy atom. The molecule has 1 rings (SSSR count). The second-order valence-corrected chi connectivity index (χ2v) is 5.08. The van der Waals surface area contributed by atoms with Crippen LogP contribution in [0.4, 0.5) is 4.39 Å². The average molecular weight is 240 g/mol. The Morgan fingerprint density at radius 3 is 2.29 bits per heavy atom. The third-order valence-electron chi connectivity index (χ3n) is 3.71. The van der Waals surface area contributed by atoms with E-state index in [0.29, 0.717) is 6.42 Å². The Balaban J connectivity index is 3.05. The van der Waals surface area contributed by atoms with Crippen LogP contribution in [0.15, 0.2) is 18.2 Å². The highest BCUT2D eigenvalue weighted by atomic mass is 19.1. The summed E-state index contributed by atoms with van der Waals surface area (Å²) in [4.78, 5) is 0. The number of rotatable bonds is 5. The van der Waals surface area contributed by atoms with Crippen LogP contribution in [-0.2, 0) is 6.42 Å². The summed E-state index contributed by atoms with van der Waals surface area (Å²) >= 11 is 0. The minimum absolute atomic E-state index is 0.100. The lowest BCUT2D eigenvalue weighted by molar-refractivity contribution is 0.0162. The minimum atomic E-state index is -0.585. The first kappa shape index (κ1) is 14.1. The van der Waals surface area contributed by atoms with E-state index < -0.39 is 5.41 Å². The second-order valence-electron chi connectivity index (χ2n) is 5.08. The minimum Gasteiger partial charge on any atom is -0.396 e. The summed E-state index contributed by atoms with van der Waals surface area (Å²) < 4.78 is 13.2. The van der Waals surface area contributed by atoms with E-state index in [2.05, 4.69) is 0 Å². The molecule has 0 saturated carbocycles. The molecule has 0 fully saturated rings. The zero-order valence-electron chi connectivity index (χ0n) is 10.7. The van der Waals surface area contributed by atoms with Crippen LogP contribution < -0.4 is 0 Å². The van der Waals surface area contributed by atoms with Crippen LogP contribution in [0.3, 0.4) is 0 Å². The fourth-order valence-electron chi connectivity index (χ4n) is 1.94. The van der Waals surface area contributed by atoms with E-state index in [1.165, 1.54) is 12.1 Å². The van der Waals surface area contributed by atoms with Crippen LogP contribution in [-0.4, -0.2) is 23.4 Å². The van der Waals surface area contributed by atoms with E-state index in [1.807, 2.05) is 20.8 Å². The van der Waals surface area contributed by atoms with Crippen LogP contribution in [0.5, 0.6) is 0 Å². The quantitative estimate of drug-likeness (QED) is 0.829. The van der Waals surface area contributed by atoms with Crippen molar-refractivity contribution in [1.29, 1.82) is 0 Å². The summed E-state index contributed by atoms with van der Waals surface area (Å²) in [5, 5.41) is 19.0. The van der Waals surface area contributed by atoms with E-state index >= 15 is 0 Å². The Morgan fingerprint density at radius 2 is 1.82 bits per heavy atom. The van der Waals surface area contributed by atoms with Gasteiger partial charge in [-0.25, -0.2) is 4.39 Å². The number of halogens is 1. The van der Waals surface area contributed by atoms with Gasteiger partial charge in [0, 0.05) is 5.41 Å². The molecule has 0 aliphatic carbocycles. The number of aliphatic hydroxyl groups is 2. The van der Waals surface area contributed by atoms with Crippen LogP contribution in [0, 0.1) is 24.1 Å². The number of aryl methyl sites for hydroxylation is 1. The van der Waals surface area contributed by atoms with Crippen molar-refractivity contribution in [2.24, 2.45) is 11.3 Å². The molecule has 0 spiro atoms. The number of benzene rings is 1. The normalized spacial score (nSPS) is 12.2. The van der Waals surface area contributed by atoms with Gasteiger partial charge >= 0.3 is 0 Å². The predicted octanol–water partition coefficient (Wildman–Crippen LogP) is 2.30. The Labute approximate surface area is 102 Å². The fourth-order valence-corrected chi connectivity index (χ4v) is 1.94. The summed E-state index contributed by atoms with van der Waals surface area (Å²) in [6.45, 7) is 5.63.